The molecule has 0 bridgehead atoms. The first-order valence-electron chi connectivity index (χ1n) is 6.43. The zero-order valence-electron chi connectivity index (χ0n) is 10.9. The van der Waals surface area contributed by atoms with E-state index in [4.69, 9.17) is 0 Å². The van der Waals surface area contributed by atoms with Gasteiger partial charge >= 0.3 is 0 Å². The van der Waals surface area contributed by atoms with E-state index in [0.29, 0.717) is 18.7 Å². The largest absolute Gasteiger partial charge is 0.508 e. The van der Waals surface area contributed by atoms with Gasteiger partial charge in [0.1, 0.15) is 5.75 Å². The van der Waals surface area contributed by atoms with E-state index < -0.39 is 0 Å². The van der Waals surface area contributed by atoms with E-state index in [9.17, 15) is 14.7 Å². The van der Waals surface area contributed by atoms with Gasteiger partial charge in [-0.25, -0.2) is 0 Å². The molecule has 2 rings (SSSR count). The number of carbonyl (C=O) groups excluding carboxylic acids is 2. The number of benzene rings is 1. The third-order valence-electron chi connectivity index (χ3n) is 3.13. The van der Waals surface area contributed by atoms with Crippen LogP contribution in [0.5, 0.6) is 5.75 Å². The molecule has 1 fully saturated rings. The van der Waals surface area contributed by atoms with E-state index in [1.54, 1.807) is 19.1 Å². The molecule has 0 heterocycles. The van der Waals surface area contributed by atoms with Gasteiger partial charge in [-0.05, 0) is 37.5 Å². The number of hydrogen-bond donors (Lipinski definition) is 3. The van der Waals surface area contributed by atoms with Gasteiger partial charge in [0.05, 0.1) is 0 Å². The van der Waals surface area contributed by atoms with Crippen LogP contribution in [-0.2, 0) is 4.79 Å². The monoisotopic (exact) mass is 262 g/mol. The van der Waals surface area contributed by atoms with Crippen molar-refractivity contribution in [2.24, 2.45) is 5.92 Å². The van der Waals surface area contributed by atoms with Crippen LogP contribution in [-0.4, -0.2) is 30.0 Å². The fourth-order valence-corrected chi connectivity index (χ4v) is 1.70. The van der Waals surface area contributed by atoms with Crippen molar-refractivity contribution in [1.29, 1.82) is 0 Å². The quantitative estimate of drug-likeness (QED) is 0.691. The molecule has 0 unspecified atom stereocenters. The molecule has 102 valence electrons. The first-order chi connectivity index (χ1) is 9.08. The number of phenols is 1. The molecular formula is C14H18N2O3. The van der Waals surface area contributed by atoms with Crippen LogP contribution in [0, 0.1) is 12.8 Å². The Bertz CT molecular complexity index is 495. The molecule has 1 aliphatic carbocycles. The van der Waals surface area contributed by atoms with Crippen LogP contribution in [0.25, 0.3) is 0 Å². The molecule has 1 aromatic carbocycles. The molecule has 1 saturated carbocycles. The Morgan fingerprint density at radius 3 is 2.58 bits per heavy atom. The van der Waals surface area contributed by atoms with E-state index >= 15 is 0 Å². The summed E-state index contributed by atoms with van der Waals surface area (Å²) in [5.74, 6) is 0.109. The fraction of sp³-hybridized carbons (Fsp3) is 0.429. The molecule has 0 atom stereocenters. The summed E-state index contributed by atoms with van der Waals surface area (Å²) >= 11 is 0. The summed E-state index contributed by atoms with van der Waals surface area (Å²) in [6, 6.07) is 4.79. The Hall–Kier alpha value is -2.04. The third kappa shape index (κ3) is 3.71. The summed E-state index contributed by atoms with van der Waals surface area (Å²) in [6.07, 6.45) is 1.95. The highest BCUT2D eigenvalue weighted by Gasteiger charge is 2.28. The number of aryl methyl sites for hydroxylation is 1. The van der Waals surface area contributed by atoms with Crippen LogP contribution in [0.4, 0.5) is 0 Å². The fourth-order valence-electron chi connectivity index (χ4n) is 1.70. The predicted molar refractivity (Wildman–Crippen MR) is 70.9 cm³/mol. The van der Waals surface area contributed by atoms with Gasteiger partial charge in [0.25, 0.3) is 5.91 Å². The second-order valence-electron chi connectivity index (χ2n) is 4.82. The van der Waals surface area contributed by atoms with Crippen molar-refractivity contribution in [3.05, 3.63) is 29.3 Å². The van der Waals surface area contributed by atoms with E-state index in [1.807, 2.05) is 0 Å². The van der Waals surface area contributed by atoms with Gasteiger partial charge < -0.3 is 15.7 Å². The number of nitrogens with one attached hydrogen (secondary N) is 2. The molecule has 5 nitrogen and oxygen atoms in total. The van der Waals surface area contributed by atoms with Crippen molar-refractivity contribution < 1.29 is 14.7 Å². The van der Waals surface area contributed by atoms with Gasteiger partial charge in [-0.1, -0.05) is 6.07 Å². The van der Waals surface area contributed by atoms with Gasteiger partial charge in [0.15, 0.2) is 0 Å². The van der Waals surface area contributed by atoms with Crippen LogP contribution in [0.2, 0.25) is 0 Å². The normalized spacial score (nSPS) is 13.9. The lowest BCUT2D eigenvalue weighted by atomic mass is 10.1. The number of hydrogen-bond acceptors (Lipinski definition) is 3. The number of carbonyl (C=O) groups is 2. The summed E-state index contributed by atoms with van der Waals surface area (Å²) in [7, 11) is 0. The van der Waals surface area contributed by atoms with E-state index in [2.05, 4.69) is 10.6 Å². The second kappa shape index (κ2) is 5.73. The van der Waals surface area contributed by atoms with Gasteiger partial charge in [-0.2, -0.15) is 0 Å². The smallest absolute Gasteiger partial charge is 0.251 e. The summed E-state index contributed by atoms with van der Waals surface area (Å²) in [4.78, 5) is 23.1. The minimum atomic E-state index is -0.254. The molecule has 19 heavy (non-hydrogen) atoms. The molecule has 0 aliphatic heterocycles. The molecule has 0 saturated heterocycles. The van der Waals surface area contributed by atoms with Crippen molar-refractivity contribution in [3.8, 4) is 5.75 Å². The molecule has 5 heteroatoms. The van der Waals surface area contributed by atoms with Crippen molar-refractivity contribution in [1.82, 2.24) is 10.6 Å². The first-order valence-corrected chi connectivity index (χ1v) is 6.43. The Morgan fingerprint density at radius 1 is 1.26 bits per heavy atom. The molecule has 1 aromatic rings. The summed E-state index contributed by atoms with van der Waals surface area (Å²) in [5.41, 5.74) is 1.14. The van der Waals surface area contributed by atoms with Crippen LogP contribution in [0.3, 0.4) is 0 Å². The molecule has 3 N–H and O–H groups in total. The van der Waals surface area contributed by atoms with E-state index in [1.165, 1.54) is 6.07 Å². The van der Waals surface area contributed by atoms with Gasteiger partial charge in [-0.3, -0.25) is 9.59 Å². The standard InChI is InChI=1S/C14H18N2O3/c1-9-2-3-11(8-12(9)17)14(19)16-7-6-15-13(18)10-4-5-10/h2-3,8,10,17H,4-7H2,1H3,(H,15,18)(H,16,19). The Kier molecular flexibility index (Phi) is 4.04. The summed E-state index contributed by atoms with van der Waals surface area (Å²) in [5, 5.41) is 15.0. The maximum Gasteiger partial charge on any atom is 0.251 e. The minimum Gasteiger partial charge on any atom is -0.508 e. The lowest BCUT2D eigenvalue weighted by Crippen LogP contribution is -2.35. The second-order valence-corrected chi connectivity index (χ2v) is 4.82. The van der Waals surface area contributed by atoms with Crippen LogP contribution < -0.4 is 10.6 Å². The molecular weight excluding hydrogens is 244 g/mol. The predicted octanol–water partition coefficient (Wildman–Crippen LogP) is 0.957. The Balaban J connectivity index is 1.74. The maximum atomic E-state index is 11.8. The lowest BCUT2D eigenvalue weighted by molar-refractivity contribution is -0.122. The van der Waals surface area contributed by atoms with E-state index in [-0.39, 0.29) is 23.5 Å². The minimum absolute atomic E-state index is 0.0715. The lowest BCUT2D eigenvalue weighted by Gasteiger charge is -2.07. The number of amides is 2. The Labute approximate surface area is 112 Å². The molecule has 0 radical (unpaired) electrons. The third-order valence-corrected chi connectivity index (χ3v) is 3.13. The van der Waals surface area contributed by atoms with Gasteiger partial charge in [0, 0.05) is 24.6 Å². The first kappa shape index (κ1) is 13.4. The molecule has 1 aliphatic rings. The molecule has 0 spiro atoms. The zero-order chi connectivity index (χ0) is 13.8. The molecule has 2 amide bonds. The van der Waals surface area contributed by atoms with Crippen molar-refractivity contribution in [2.75, 3.05) is 13.1 Å². The molecule has 0 aromatic heterocycles. The average molecular weight is 262 g/mol. The zero-order valence-corrected chi connectivity index (χ0v) is 10.9. The van der Waals surface area contributed by atoms with Crippen molar-refractivity contribution in [3.63, 3.8) is 0 Å². The van der Waals surface area contributed by atoms with Crippen molar-refractivity contribution >= 4 is 11.8 Å². The van der Waals surface area contributed by atoms with Crippen LogP contribution in [0.1, 0.15) is 28.8 Å². The summed E-state index contributed by atoms with van der Waals surface area (Å²) < 4.78 is 0. The average Bonchev–Trinajstić information content (AvgIpc) is 3.21. The van der Waals surface area contributed by atoms with Crippen molar-refractivity contribution in [2.45, 2.75) is 19.8 Å². The van der Waals surface area contributed by atoms with E-state index in [0.717, 1.165) is 18.4 Å². The number of phenolic OH excluding ortho intramolecular Hbond substituents is 1. The summed E-state index contributed by atoms with van der Waals surface area (Å²) in [6.45, 7) is 2.58. The van der Waals surface area contributed by atoms with Crippen LogP contribution >= 0.6 is 0 Å². The van der Waals surface area contributed by atoms with Crippen LogP contribution in [0.15, 0.2) is 18.2 Å². The highest BCUT2D eigenvalue weighted by atomic mass is 16.3. The van der Waals surface area contributed by atoms with Gasteiger partial charge in [-0.15, -0.1) is 0 Å². The van der Waals surface area contributed by atoms with Gasteiger partial charge in [0.2, 0.25) is 5.91 Å². The Morgan fingerprint density at radius 2 is 1.95 bits per heavy atom. The highest BCUT2D eigenvalue weighted by molar-refractivity contribution is 5.94. The maximum absolute atomic E-state index is 11.8. The number of aromatic hydroxyl groups is 1. The topological polar surface area (TPSA) is 78.4 Å². The number of rotatable bonds is 5. The SMILES string of the molecule is Cc1ccc(C(=O)NCCNC(=O)C2CC2)cc1O. The highest BCUT2D eigenvalue weighted by Crippen LogP contribution is 2.28.